The first-order valence-corrected chi connectivity index (χ1v) is 29.6. The zero-order valence-electron chi connectivity index (χ0n) is 45.5. The van der Waals surface area contributed by atoms with Crippen LogP contribution in [0.1, 0.15) is 330 Å². The van der Waals surface area contributed by atoms with Crippen LogP contribution < -0.4 is 0 Å². The normalized spacial score (nSPS) is 12.5. The molecule has 0 fully saturated rings. The van der Waals surface area contributed by atoms with Gasteiger partial charge in [-0.3, -0.25) is 14.4 Å². The zero-order valence-corrected chi connectivity index (χ0v) is 45.5. The first-order valence-electron chi connectivity index (χ1n) is 29.6. The van der Waals surface area contributed by atoms with Gasteiger partial charge in [0.05, 0.1) is 0 Å². The smallest absolute Gasteiger partial charge is 0.306 e. The molecule has 0 N–H and O–H groups in total. The summed E-state index contributed by atoms with van der Waals surface area (Å²) in [5, 5.41) is 0. The van der Waals surface area contributed by atoms with Gasteiger partial charge in [-0.2, -0.15) is 0 Å². The van der Waals surface area contributed by atoms with Crippen LogP contribution in [-0.2, 0) is 28.6 Å². The van der Waals surface area contributed by atoms with Crippen LogP contribution in [0.2, 0.25) is 0 Å². The van der Waals surface area contributed by atoms with Crippen LogP contribution in [0.15, 0.2) is 0 Å². The summed E-state index contributed by atoms with van der Waals surface area (Å²) in [7, 11) is 0. The van der Waals surface area contributed by atoms with Gasteiger partial charge in [0.2, 0.25) is 0 Å². The van der Waals surface area contributed by atoms with Crippen LogP contribution >= 0.6 is 0 Å². The van der Waals surface area contributed by atoms with Crippen LogP contribution in [-0.4, -0.2) is 37.2 Å². The quantitative estimate of drug-likeness (QED) is 0.0343. The first-order chi connectivity index (χ1) is 32.1. The standard InChI is InChI=1S/C60H116O6/c1-7-56(6)48-42-36-30-24-20-21-26-32-38-44-50-59(62)65-53-57(66-60(63)51-45-39-33-27-19-15-11-9-13-17-23-29-35-41-47-55(4)5)52-64-58(61)49-43-37-31-25-18-14-10-8-12-16-22-28-34-40-46-54(2)3/h54-57H,7-53H2,1-6H3/t56?,57-/m1/s1. The van der Waals surface area contributed by atoms with E-state index in [-0.39, 0.29) is 31.1 Å². The fourth-order valence-corrected chi connectivity index (χ4v) is 9.14. The van der Waals surface area contributed by atoms with Gasteiger partial charge >= 0.3 is 17.9 Å². The Morgan fingerprint density at radius 2 is 0.530 bits per heavy atom. The molecule has 2 atom stereocenters. The Morgan fingerprint density at radius 3 is 0.788 bits per heavy atom. The van der Waals surface area contributed by atoms with Crippen LogP contribution in [0.4, 0.5) is 0 Å². The number of hydrogen-bond acceptors (Lipinski definition) is 6. The molecule has 392 valence electrons. The van der Waals surface area contributed by atoms with Gasteiger partial charge in [0.25, 0.3) is 0 Å². The average Bonchev–Trinajstić information content (AvgIpc) is 3.29. The molecule has 0 aliphatic rings. The van der Waals surface area contributed by atoms with Crippen molar-refractivity contribution in [3.05, 3.63) is 0 Å². The summed E-state index contributed by atoms with van der Waals surface area (Å²) in [6, 6.07) is 0. The summed E-state index contributed by atoms with van der Waals surface area (Å²) in [5.41, 5.74) is 0. The van der Waals surface area contributed by atoms with Gasteiger partial charge in [-0.25, -0.2) is 0 Å². The molecule has 0 saturated heterocycles. The summed E-state index contributed by atoms with van der Waals surface area (Å²) in [6.45, 7) is 13.8. The molecule has 0 rings (SSSR count). The molecule has 66 heavy (non-hydrogen) atoms. The number of carbonyl (C=O) groups is 3. The minimum atomic E-state index is -0.764. The number of unbranched alkanes of at least 4 members (excludes halogenated alkanes) is 35. The predicted molar refractivity (Wildman–Crippen MR) is 284 cm³/mol. The van der Waals surface area contributed by atoms with E-state index in [1.165, 1.54) is 212 Å². The lowest BCUT2D eigenvalue weighted by molar-refractivity contribution is -0.167. The molecule has 0 aromatic carbocycles. The van der Waals surface area contributed by atoms with E-state index in [4.69, 9.17) is 14.2 Å². The first kappa shape index (κ1) is 64.4. The molecule has 0 aliphatic carbocycles. The maximum atomic E-state index is 12.9. The fraction of sp³-hybridized carbons (Fsp3) is 0.950. The van der Waals surface area contributed by atoms with Gasteiger partial charge in [0.1, 0.15) is 13.2 Å². The van der Waals surface area contributed by atoms with E-state index in [9.17, 15) is 14.4 Å². The molecule has 6 nitrogen and oxygen atoms in total. The van der Waals surface area contributed by atoms with Gasteiger partial charge in [0, 0.05) is 19.3 Å². The Labute approximate surface area is 412 Å². The summed E-state index contributed by atoms with van der Waals surface area (Å²) >= 11 is 0. The molecule has 0 aromatic heterocycles. The number of hydrogen-bond donors (Lipinski definition) is 0. The third-order valence-electron chi connectivity index (χ3n) is 14.0. The second kappa shape index (κ2) is 51.3. The minimum absolute atomic E-state index is 0.0633. The van der Waals surface area contributed by atoms with Gasteiger partial charge in [-0.15, -0.1) is 0 Å². The Balaban J connectivity index is 4.31. The molecule has 0 bridgehead atoms. The van der Waals surface area contributed by atoms with Crippen LogP contribution in [0.5, 0.6) is 0 Å². The molecular weight excluding hydrogens is 817 g/mol. The number of carbonyl (C=O) groups excluding carboxylic acids is 3. The monoisotopic (exact) mass is 933 g/mol. The Morgan fingerprint density at radius 1 is 0.303 bits per heavy atom. The number of ether oxygens (including phenoxy) is 3. The SMILES string of the molecule is CCC(C)CCCCCCCCCCCCC(=O)OC[C@@H](COC(=O)CCCCCCCCCCCCCCCCC(C)C)OC(=O)CCCCCCCCCCCCCCCCC(C)C. The van der Waals surface area contributed by atoms with E-state index >= 15 is 0 Å². The van der Waals surface area contributed by atoms with E-state index in [1.54, 1.807) is 0 Å². The van der Waals surface area contributed by atoms with Gasteiger partial charge < -0.3 is 14.2 Å². The highest BCUT2D eigenvalue weighted by Gasteiger charge is 2.19. The molecule has 6 heteroatoms. The second-order valence-corrected chi connectivity index (χ2v) is 21.8. The molecule has 0 spiro atoms. The Bertz CT molecular complexity index is 1020. The highest BCUT2D eigenvalue weighted by atomic mass is 16.6. The van der Waals surface area contributed by atoms with Crippen LogP contribution in [0.25, 0.3) is 0 Å². The summed E-state index contributed by atoms with van der Waals surface area (Å²) < 4.78 is 16.9. The van der Waals surface area contributed by atoms with E-state index in [0.717, 1.165) is 75.5 Å². The van der Waals surface area contributed by atoms with Crippen molar-refractivity contribution in [2.75, 3.05) is 13.2 Å². The number of rotatable bonds is 53. The highest BCUT2D eigenvalue weighted by molar-refractivity contribution is 5.71. The van der Waals surface area contributed by atoms with E-state index in [1.807, 2.05) is 0 Å². The largest absolute Gasteiger partial charge is 0.462 e. The van der Waals surface area contributed by atoms with Gasteiger partial charge in [-0.05, 0) is 37.0 Å². The molecule has 0 saturated carbocycles. The van der Waals surface area contributed by atoms with Crippen molar-refractivity contribution < 1.29 is 28.6 Å². The highest BCUT2D eigenvalue weighted by Crippen LogP contribution is 2.19. The summed E-state index contributed by atoms with van der Waals surface area (Å²) in [4.78, 5) is 38.2. The van der Waals surface area contributed by atoms with Crippen molar-refractivity contribution in [2.24, 2.45) is 17.8 Å². The van der Waals surface area contributed by atoms with E-state index in [0.29, 0.717) is 19.3 Å². The second-order valence-electron chi connectivity index (χ2n) is 21.8. The third kappa shape index (κ3) is 51.8. The van der Waals surface area contributed by atoms with Crippen molar-refractivity contribution in [3.8, 4) is 0 Å². The number of esters is 3. The van der Waals surface area contributed by atoms with Crippen molar-refractivity contribution in [1.29, 1.82) is 0 Å². The van der Waals surface area contributed by atoms with Crippen molar-refractivity contribution in [2.45, 2.75) is 337 Å². The maximum Gasteiger partial charge on any atom is 0.306 e. The average molecular weight is 934 g/mol. The lowest BCUT2D eigenvalue weighted by atomic mass is 9.99. The third-order valence-corrected chi connectivity index (χ3v) is 14.0. The topological polar surface area (TPSA) is 78.9 Å². The molecule has 0 aliphatic heterocycles. The van der Waals surface area contributed by atoms with Gasteiger partial charge in [-0.1, -0.05) is 292 Å². The van der Waals surface area contributed by atoms with Crippen molar-refractivity contribution in [1.82, 2.24) is 0 Å². The summed E-state index contributed by atoms with van der Waals surface area (Å²) in [6.07, 6.45) is 53.7. The Hall–Kier alpha value is -1.59. The maximum absolute atomic E-state index is 12.9. The lowest BCUT2D eigenvalue weighted by Gasteiger charge is -2.18. The van der Waals surface area contributed by atoms with Crippen LogP contribution in [0.3, 0.4) is 0 Å². The van der Waals surface area contributed by atoms with Gasteiger partial charge in [0.15, 0.2) is 6.10 Å². The fourth-order valence-electron chi connectivity index (χ4n) is 9.14. The lowest BCUT2D eigenvalue weighted by Crippen LogP contribution is -2.30. The Kier molecular flexibility index (Phi) is 50.0. The molecular formula is C60H116O6. The van der Waals surface area contributed by atoms with Crippen molar-refractivity contribution in [3.63, 3.8) is 0 Å². The van der Waals surface area contributed by atoms with E-state index in [2.05, 4.69) is 41.5 Å². The van der Waals surface area contributed by atoms with Crippen molar-refractivity contribution >= 4 is 17.9 Å². The van der Waals surface area contributed by atoms with E-state index < -0.39 is 6.10 Å². The van der Waals surface area contributed by atoms with Crippen LogP contribution in [0, 0.1) is 17.8 Å². The molecule has 1 unspecified atom stereocenters. The minimum Gasteiger partial charge on any atom is -0.462 e. The zero-order chi connectivity index (χ0) is 48.4. The molecule has 0 heterocycles. The molecule has 0 aromatic rings. The molecule has 0 radical (unpaired) electrons. The predicted octanol–water partition coefficient (Wildman–Crippen LogP) is 19.5. The molecule has 0 amide bonds. The summed E-state index contributed by atoms with van der Waals surface area (Å²) in [5.74, 6) is 1.72.